The van der Waals surface area contributed by atoms with Crippen LogP contribution in [0.3, 0.4) is 0 Å². The van der Waals surface area contributed by atoms with Crippen molar-refractivity contribution < 1.29 is 23.8 Å². The fourth-order valence-electron chi connectivity index (χ4n) is 3.44. The van der Waals surface area contributed by atoms with Crippen molar-refractivity contribution in [1.29, 1.82) is 0 Å². The van der Waals surface area contributed by atoms with Gasteiger partial charge in [-0.3, -0.25) is 0 Å². The van der Waals surface area contributed by atoms with Gasteiger partial charge in [-0.25, -0.2) is 0 Å². The minimum Gasteiger partial charge on any atom is -0.493 e. The standard InChI is InChI=1S/C20H24N2O5S/c1-23-17-9-13(18(24-2)20-19(17)25-12-26-20)8-15-10-14(22-27-15)11-21-6-5-16-4-3-7-28-16/h3-4,7,9,15,21H,5-6,8,10-12H2,1-2H3/t15-/m0/s1. The van der Waals surface area contributed by atoms with Gasteiger partial charge in [0.05, 0.1) is 19.9 Å². The number of methoxy groups -OCH3 is 2. The molecule has 0 saturated heterocycles. The van der Waals surface area contributed by atoms with E-state index in [0.717, 1.165) is 37.2 Å². The summed E-state index contributed by atoms with van der Waals surface area (Å²) in [4.78, 5) is 7.03. The van der Waals surface area contributed by atoms with Gasteiger partial charge in [0.25, 0.3) is 0 Å². The molecule has 0 bridgehead atoms. The van der Waals surface area contributed by atoms with Crippen LogP contribution in [0, 0.1) is 0 Å². The lowest BCUT2D eigenvalue weighted by molar-refractivity contribution is 0.0853. The molecular weight excluding hydrogens is 380 g/mol. The number of hydrogen-bond acceptors (Lipinski definition) is 8. The van der Waals surface area contributed by atoms with E-state index in [0.29, 0.717) is 29.4 Å². The van der Waals surface area contributed by atoms with Gasteiger partial charge in [0.2, 0.25) is 18.3 Å². The molecule has 0 spiro atoms. The average molecular weight is 404 g/mol. The number of hydrogen-bond donors (Lipinski definition) is 1. The summed E-state index contributed by atoms with van der Waals surface area (Å²) in [6.07, 6.45) is 2.43. The summed E-state index contributed by atoms with van der Waals surface area (Å²) in [7, 11) is 3.24. The molecule has 0 aliphatic carbocycles. The zero-order chi connectivity index (χ0) is 19.3. The van der Waals surface area contributed by atoms with Gasteiger partial charge in [-0.15, -0.1) is 11.3 Å². The maximum Gasteiger partial charge on any atom is 0.231 e. The molecule has 0 radical (unpaired) electrons. The van der Waals surface area contributed by atoms with Crippen LogP contribution >= 0.6 is 11.3 Å². The van der Waals surface area contributed by atoms with E-state index in [1.54, 1.807) is 25.6 Å². The lowest BCUT2D eigenvalue weighted by atomic mass is 10.0. The second-order valence-corrected chi connectivity index (χ2v) is 7.67. The third kappa shape index (κ3) is 4.02. The minimum absolute atomic E-state index is 0.0342. The number of benzene rings is 1. The molecule has 0 amide bonds. The molecule has 1 atom stereocenters. The molecule has 1 N–H and O–H groups in total. The highest BCUT2D eigenvalue weighted by Crippen LogP contribution is 2.49. The van der Waals surface area contributed by atoms with Crippen molar-refractivity contribution in [2.45, 2.75) is 25.4 Å². The molecule has 3 heterocycles. The van der Waals surface area contributed by atoms with Crippen molar-refractivity contribution in [3.8, 4) is 23.0 Å². The predicted molar refractivity (Wildman–Crippen MR) is 107 cm³/mol. The van der Waals surface area contributed by atoms with E-state index in [1.807, 2.05) is 6.07 Å². The molecule has 0 fully saturated rings. The molecule has 150 valence electrons. The van der Waals surface area contributed by atoms with Crippen molar-refractivity contribution in [3.05, 3.63) is 34.0 Å². The van der Waals surface area contributed by atoms with E-state index in [2.05, 4.69) is 28.0 Å². The zero-order valence-corrected chi connectivity index (χ0v) is 16.8. The first kappa shape index (κ1) is 18.9. The zero-order valence-electron chi connectivity index (χ0n) is 16.0. The van der Waals surface area contributed by atoms with E-state index in [4.69, 9.17) is 23.8 Å². The van der Waals surface area contributed by atoms with Crippen molar-refractivity contribution in [2.24, 2.45) is 5.16 Å². The Kier molecular flexibility index (Phi) is 5.87. The van der Waals surface area contributed by atoms with Gasteiger partial charge in [0.15, 0.2) is 11.5 Å². The molecule has 1 aromatic carbocycles. The Morgan fingerprint density at radius 3 is 2.93 bits per heavy atom. The Bertz CT molecular complexity index is 838. The summed E-state index contributed by atoms with van der Waals surface area (Å²) in [5.74, 6) is 2.48. The van der Waals surface area contributed by atoms with Crippen LogP contribution in [0.5, 0.6) is 23.0 Å². The van der Waals surface area contributed by atoms with E-state index in [1.165, 1.54) is 4.88 Å². The highest BCUT2D eigenvalue weighted by Gasteiger charge is 2.30. The lowest BCUT2D eigenvalue weighted by Crippen LogP contribution is -2.25. The number of rotatable bonds is 9. The maximum atomic E-state index is 5.65. The Balaban J connectivity index is 1.32. The summed E-state index contributed by atoms with van der Waals surface area (Å²) in [5.41, 5.74) is 1.98. The second kappa shape index (κ2) is 8.70. The van der Waals surface area contributed by atoms with Crippen LogP contribution in [0.1, 0.15) is 16.9 Å². The first-order chi connectivity index (χ1) is 13.8. The number of thiophene rings is 1. The molecule has 4 rings (SSSR count). The quantitative estimate of drug-likeness (QED) is 0.648. The van der Waals surface area contributed by atoms with Gasteiger partial charge in [-0.05, 0) is 23.9 Å². The number of fused-ring (bicyclic) bond motifs is 1. The summed E-state index contributed by atoms with van der Waals surface area (Å²) in [6, 6.07) is 6.16. The number of nitrogens with one attached hydrogen (secondary N) is 1. The summed E-state index contributed by atoms with van der Waals surface area (Å²) >= 11 is 1.79. The molecule has 1 aromatic heterocycles. The number of oxime groups is 1. The van der Waals surface area contributed by atoms with Gasteiger partial charge < -0.3 is 29.1 Å². The SMILES string of the molecule is COc1cc(C[C@H]2CC(CNCCc3cccs3)=NO2)c(OC)c2c1OCO2. The monoisotopic (exact) mass is 404 g/mol. The van der Waals surface area contributed by atoms with Crippen LogP contribution in [-0.2, 0) is 17.7 Å². The summed E-state index contributed by atoms with van der Waals surface area (Å²) in [5, 5.41) is 9.79. The van der Waals surface area contributed by atoms with Crippen LogP contribution < -0.4 is 24.3 Å². The Labute approximate surface area is 168 Å². The molecule has 7 nitrogen and oxygen atoms in total. The number of ether oxygens (including phenoxy) is 4. The second-order valence-electron chi connectivity index (χ2n) is 6.64. The summed E-state index contributed by atoms with van der Waals surface area (Å²) in [6.45, 7) is 1.83. The van der Waals surface area contributed by atoms with Crippen LogP contribution in [-0.4, -0.2) is 45.9 Å². The normalized spacial score (nSPS) is 17.4. The van der Waals surface area contributed by atoms with Gasteiger partial charge >= 0.3 is 0 Å². The Hall–Kier alpha value is -2.45. The number of nitrogens with zero attached hydrogens (tertiary/aromatic N) is 1. The van der Waals surface area contributed by atoms with Crippen LogP contribution in [0.4, 0.5) is 0 Å². The molecule has 0 saturated carbocycles. The fourth-order valence-corrected chi connectivity index (χ4v) is 4.15. The molecule has 2 aromatic rings. The van der Waals surface area contributed by atoms with Crippen molar-refractivity contribution in [3.63, 3.8) is 0 Å². The third-order valence-electron chi connectivity index (χ3n) is 4.76. The van der Waals surface area contributed by atoms with E-state index < -0.39 is 0 Å². The van der Waals surface area contributed by atoms with Gasteiger partial charge in [-0.2, -0.15) is 0 Å². The fraction of sp³-hybridized carbons (Fsp3) is 0.450. The first-order valence-electron chi connectivity index (χ1n) is 9.26. The van der Waals surface area contributed by atoms with Crippen molar-refractivity contribution in [2.75, 3.05) is 34.1 Å². The van der Waals surface area contributed by atoms with Gasteiger partial charge in [0.1, 0.15) is 6.10 Å². The minimum atomic E-state index is -0.0342. The third-order valence-corrected chi connectivity index (χ3v) is 5.70. The average Bonchev–Trinajstić information content (AvgIpc) is 3.46. The molecule has 2 aliphatic heterocycles. The Morgan fingerprint density at radius 1 is 1.25 bits per heavy atom. The molecule has 28 heavy (non-hydrogen) atoms. The van der Waals surface area contributed by atoms with Gasteiger partial charge in [0, 0.05) is 36.4 Å². The van der Waals surface area contributed by atoms with E-state index >= 15 is 0 Å². The maximum absolute atomic E-state index is 5.65. The van der Waals surface area contributed by atoms with Crippen LogP contribution in [0.15, 0.2) is 28.7 Å². The smallest absolute Gasteiger partial charge is 0.231 e. The van der Waals surface area contributed by atoms with Crippen LogP contribution in [0.25, 0.3) is 0 Å². The van der Waals surface area contributed by atoms with E-state index in [9.17, 15) is 0 Å². The molecule has 0 unspecified atom stereocenters. The van der Waals surface area contributed by atoms with Crippen molar-refractivity contribution in [1.82, 2.24) is 5.32 Å². The highest BCUT2D eigenvalue weighted by molar-refractivity contribution is 7.09. The lowest BCUT2D eigenvalue weighted by Gasteiger charge is -2.15. The molecule has 8 heteroatoms. The van der Waals surface area contributed by atoms with E-state index in [-0.39, 0.29) is 12.9 Å². The summed E-state index contributed by atoms with van der Waals surface area (Å²) < 4.78 is 22.1. The van der Waals surface area contributed by atoms with Crippen LogP contribution in [0.2, 0.25) is 0 Å². The topological polar surface area (TPSA) is 70.5 Å². The highest BCUT2D eigenvalue weighted by atomic mass is 32.1. The molecular formula is C20H24N2O5S. The Morgan fingerprint density at radius 2 is 2.14 bits per heavy atom. The first-order valence-corrected chi connectivity index (χ1v) is 10.1. The largest absolute Gasteiger partial charge is 0.493 e. The molecule has 2 aliphatic rings. The predicted octanol–water partition coefficient (Wildman–Crippen LogP) is 3.01. The van der Waals surface area contributed by atoms with Crippen molar-refractivity contribution >= 4 is 17.0 Å². The van der Waals surface area contributed by atoms with Gasteiger partial charge in [-0.1, -0.05) is 11.2 Å².